The van der Waals surface area contributed by atoms with E-state index in [0.717, 1.165) is 5.56 Å². The van der Waals surface area contributed by atoms with Crippen LogP contribution >= 0.6 is 0 Å². The van der Waals surface area contributed by atoms with Crippen molar-refractivity contribution in [3.63, 3.8) is 0 Å². The first-order valence-electron chi connectivity index (χ1n) is 11.0. The fourth-order valence-electron chi connectivity index (χ4n) is 4.33. The van der Waals surface area contributed by atoms with E-state index in [1.54, 1.807) is 67.8 Å². The van der Waals surface area contributed by atoms with Crippen LogP contribution in [0.25, 0.3) is 0 Å². The molecule has 1 N–H and O–H groups in total. The van der Waals surface area contributed by atoms with E-state index in [0.29, 0.717) is 28.3 Å². The van der Waals surface area contributed by atoms with E-state index in [9.17, 15) is 13.2 Å². The van der Waals surface area contributed by atoms with Gasteiger partial charge in [0.1, 0.15) is 17.7 Å². The Balaban J connectivity index is 1.89. The molecule has 1 aliphatic heterocycles. The highest BCUT2D eigenvalue weighted by molar-refractivity contribution is 7.89. The second kappa shape index (κ2) is 9.97. The van der Waals surface area contributed by atoms with Crippen molar-refractivity contribution in [1.82, 2.24) is 4.31 Å². The first kappa shape index (κ1) is 24.6. The number of hydrogen-bond acceptors (Lipinski definition) is 7. The van der Waals surface area contributed by atoms with Crippen molar-refractivity contribution < 1.29 is 27.4 Å². The van der Waals surface area contributed by atoms with Gasteiger partial charge >= 0.3 is 5.97 Å². The molecule has 4 rings (SSSR count). The van der Waals surface area contributed by atoms with E-state index >= 15 is 0 Å². The highest BCUT2D eigenvalue weighted by Gasteiger charge is 2.48. The van der Waals surface area contributed by atoms with Crippen molar-refractivity contribution in [2.24, 2.45) is 0 Å². The number of benzene rings is 3. The Morgan fingerprint density at radius 3 is 2.23 bits per heavy atom. The van der Waals surface area contributed by atoms with Crippen molar-refractivity contribution in [3.8, 4) is 11.5 Å². The van der Waals surface area contributed by atoms with Gasteiger partial charge in [0.2, 0.25) is 10.0 Å². The molecule has 0 amide bonds. The molecule has 0 aliphatic carbocycles. The number of nitrogens with one attached hydrogen (secondary N) is 1. The SMILES string of the molecule is COC(=O)C[C@H]1c2cccc(OC)c2[C@@H](Nc2ccc(OC)cc2)N1S(=O)(=O)c1ccc(C)cc1. The van der Waals surface area contributed by atoms with Gasteiger partial charge in [-0.1, -0.05) is 29.8 Å². The van der Waals surface area contributed by atoms with Gasteiger partial charge in [0.25, 0.3) is 0 Å². The minimum Gasteiger partial charge on any atom is -0.497 e. The summed E-state index contributed by atoms with van der Waals surface area (Å²) in [6, 6.07) is 18.4. The number of esters is 1. The molecule has 0 saturated carbocycles. The molecular weight excluding hydrogens is 468 g/mol. The van der Waals surface area contributed by atoms with Gasteiger partial charge in [-0.05, 0) is 55.0 Å². The van der Waals surface area contributed by atoms with Crippen LogP contribution in [0.5, 0.6) is 11.5 Å². The Hall–Kier alpha value is -3.56. The van der Waals surface area contributed by atoms with Crippen LogP contribution in [0, 0.1) is 6.92 Å². The lowest BCUT2D eigenvalue weighted by Crippen LogP contribution is -2.37. The number of carbonyl (C=O) groups excluding carboxylic acids is 1. The van der Waals surface area contributed by atoms with Gasteiger partial charge in [0.05, 0.1) is 38.7 Å². The molecule has 3 aromatic rings. The average Bonchev–Trinajstić information content (AvgIpc) is 3.18. The fraction of sp³-hybridized carbons (Fsp3) is 0.269. The van der Waals surface area contributed by atoms with Gasteiger partial charge in [-0.25, -0.2) is 8.42 Å². The van der Waals surface area contributed by atoms with Crippen LogP contribution in [-0.2, 0) is 19.6 Å². The van der Waals surface area contributed by atoms with Crippen LogP contribution in [0.3, 0.4) is 0 Å². The van der Waals surface area contributed by atoms with Crippen molar-refractivity contribution in [2.75, 3.05) is 26.6 Å². The van der Waals surface area contributed by atoms with Crippen LogP contribution in [0.2, 0.25) is 0 Å². The molecule has 1 heterocycles. The molecule has 184 valence electrons. The van der Waals surface area contributed by atoms with E-state index < -0.39 is 28.2 Å². The fourth-order valence-corrected chi connectivity index (χ4v) is 6.01. The summed E-state index contributed by atoms with van der Waals surface area (Å²) in [7, 11) is 0.348. The highest BCUT2D eigenvalue weighted by Crippen LogP contribution is 2.50. The zero-order valence-corrected chi connectivity index (χ0v) is 20.8. The lowest BCUT2D eigenvalue weighted by atomic mass is 10.0. The summed E-state index contributed by atoms with van der Waals surface area (Å²) in [5.74, 6) is 0.676. The number of ether oxygens (including phenoxy) is 3. The predicted octanol–water partition coefficient (Wildman–Crippen LogP) is 4.43. The Bertz CT molecular complexity index is 1310. The average molecular weight is 497 g/mol. The lowest BCUT2D eigenvalue weighted by Gasteiger charge is -2.30. The van der Waals surface area contributed by atoms with Gasteiger partial charge in [-0.15, -0.1) is 0 Å². The van der Waals surface area contributed by atoms with Gasteiger partial charge in [0.15, 0.2) is 0 Å². The number of fused-ring (bicyclic) bond motifs is 1. The van der Waals surface area contributed by atoms with E-state index in [-0.39, 0.29) is 11.3 Å². The van der Waals surface area contributed by atoms with Gasteiger partial charge < -0.3 is 19.5 Å². The largest absolute Gasteiger partial charge is 0.497 e. The topological polar surface area (TPSA) is 94.2 Å². The molecule has 0 aromatic heterocycles. The maximum Gasteiger partial charge on any atom is 0.307 e. The van der Waals surface area contributed by atoms with E-state index in [1.807, 2.05) is 13.0 Å². The Labute approximate surface area is 205 Å². The molecule has 0 spiro atoms. The maximum absolute atomic E-state index is 14.1. The minimum atomic E-state index is -4.05. The van der Waals surface area contributed by atoms with Crippen molar-refractivity contribution >= 4 is 21.7 Å². The molecule has 0 saturated heterocycles. The van der Waals surface area contributed by atoms with Crippen molar-refractivity contribution in [2.45, 2.75) is 30.4 Å². The van der Waals surface area contributed by atoms with Crippen LogP contribution in [0.1, 0.15) is 35.3 Å². The molecule has 2 atom stereocenters. The Kier molecular flexibility index (Phi) is 7.00. The van der Waals surface area contributed by atoms with E-state index in [4.69, 9.17) is 14.2 Å². The zero-order chi connectivity index (χ0) is 25.2. The summed E-state index contributed by atoms with van der Waals surface area (Å²) in [5, 5.41) is 3.34. The second-order valence-corrected chi connectivity index (χ2v) is 10.0. The standard InChI is InChI=1S/C26H28N2O6S/c1-17-8-14-20(15-9-17)35(30,31)28-22(16-24(29)34-4)21-6-5-7-23(33-3)25(21)26(28)27-18-10-12-19(32-2)13-11-18/h5-15,22,26-27H,16H2,1-4H3/t22-,26-/m0/s1. The summed E-state index contributed by atoms with van der Waals surface area (Å²) in [6.45, 7) is 1.89. The third-order valence-corrected chi connectivity index (χ3v) is 7.98. The highest BCUT2D eigenvalue weighted by atomic mass is 32.2. The number of rotatable bonds is 8. The van der Waals surface area contributed by atoms with Crippen LogP contribution in [-0.4, -0.2) is 40.0 Å². The number of methoxy groups -OCH3 is 3. The molecule has 3 aromatic carbocycles. The lowest BCUT2D eigenvalue weighted by molar-refractivity contribution is -0.141. The zero-order valence-electron chi connectivity index (χ0n) is 20.0. The van der Waals surface area contributed by atoms with Gasteiger partial charge in [-0.2, -0.15) is 4.31 Å². The van der Waals surface area contributed by atoms with Crippen molar-refractivity contribution in [3.05, 3.63) is 83.4 Å². The number of carbonyl (C=O) groups is 1. The molecular formula is C26H28N2O6S. The van der Waals surface area contributed by atoms with E-state index in [1.165, 1.54) is 18.5 Å². The molecule has 9 heteroatoms. The van der Waals surface area contributed by atoms with Crippen LogP contribution in [0.4, 0.5) is 5.69 Å². The summed E-state index contributed by atoms with van der Waals surface area (Å²) < 4.78 is 45.3. The summed E-state index contributed by atoms with van der Waals surface area (Å²) >= 11 is 0. The molecule has 0 fully saturated rings. The molecule has 35 heavy (non-hydrogen) atoms. The summed E-state index contributed by atoms with van der Waals surface area (Å²) in [4.78, 5) is 12.5. The van der Waals surface area contributed by atoms with Gasteiger partial charge in [0, 0.05) is 11.3 Å². The first-order chi connectivity index (χ1) is 16.8. The number of anilines is 1. The summed E-state index contributed by atoms with van der Waals surface area (Å²) in [5.41, 5.74) is 2.94. The van der Waals surface area contributed by atoms with E-state index in [2.05, 4.69) is 5.32 Å². The monoisotopic (exact) mass is 496 g/mol. The minimum absolute atomic E-state index is 0.131. The molecule has 8 nitrogen and oxygen atoms in total. The second-order valence-electron chi connectivity index (χ2n) is 8.18. The third-order valence-electron chi connectivity index (χ3n) is 6.09. The maximum atomic E-state index is 14.1. The molecule has 0 unspecified atom stereocenters. The van der Waals surface area contributed by atoms with Crippen LogP contribution in [0.15, 0.2) is 71.6 Å². The van der Waals surface area contributed by atoms with Crippen molar-refractivity contribution in [1.29, 1.82) is 0 Å². The normalized spacial score (nSPS) is 17.5. The number of aryl methyl sites for hydroxylation is 1. The summed E-state index contributed by atoms with van der Waals surface area (Å²) in [6.07, 6.45) is -0.988. The quantitative estimate of drug-likeness (QED) is 0.461. The first-order valence-corrected chi connectivity index (χ1v) is 12.5. The Morgan fingerprint density at radius 1 is 0.943 bits per heavy atom. The smallest absolute Gasteiger partial charge is 0.307 e. The number of sulfonamides is 1. The number of hydrogen-bond donors (Lipinski definition) is 1. The molecule has 1 aliphatic rings. The Morgan fingerprint density at radius 2 is 1.63 bits per heavy atom. The molecule has 0 radical (unpaired) electrons. The predicted molar refractivity (Wildman–Crippen MR) is 132 cm³/mol. The number of nitrogens with zero attached hydrogens (tertiary/aromatic N) is 1. The van der Waals surface area contributed by atoms with Crippen LogP contribution < -0.4 is 14.8 Å². The van der Waals surface area contributed by atoms with Gasteiger partial charge in [-0.3, -0.25) is 4.79 Å². The third kappa shape index (κ3) is 4.69. The molecule has 0 bridgehead atoms.